The van der Waals surface area contributed by atoms with E-state index < -0.39 is 0 Å². The highest BCUT2D eigenvalue weighted by molar-refractivity contribution is 5.92. The van der Waals surface area contributed by atoms with E-state index in [0.717, 1.165) is 24.1 Å². The van der Waals surface area contributed by atoms with Crippen LogP contribution in [-0.2, 0) is 6.54 Å². The average Bonchev–Trinajstić information content (AvgIpc) is 3.38. The summed E-state index contributed by atoms with van der Waals surface area (Å²) in [4.78, 5) is 14.6. The molecule has 0 atom stereocenters. The van der Waals surface area contributed by atoms with Crippen LogP contribution in [-0.4, -0.2) is 55.6 Å². The molecule has 3 N–H and O–H groups in total. The van der Waals surface area contributed by atoms with E-state index in [4.69, 9.17) is 5.73 Å². The molecule has 0 spiro atoms. The van der Waals surface area contributed by atoms with Crippen molar-refractivity contribution < 1.29 is 4.79 Å². The van der Waals surface area contributed by atoms with Crippen molar-refractivity contribution in [2.45, 2.75) is 32.2 Å². The number of piperidine rings is 1. The second kappa shape index (κ2) is 7.93. The van der Waals surface area contributed by atoms with Crippen molar-refractivity contribution in [3.8, 4) is 11.1 Å². The maximum Gasteiger partial charge on any atom is 0.276 e. The van der Waals surface area contributed by atoms with Crippen LogP contribution in [0.1, 0.15) is 40.5 Å². The number of nitrogens with one attached hydrogen (secondary N) is 1. The molecule has 1 amide bonds. The molecule has 8 heteroatoms. The fourth-order valence-electron chi connectivity index (χ4n) is 3.82. The standard InChI is InChI=1S/C20H25N7O/c1-14-3-2-4-16(11-14)17-12-22-24-19(17)15-5-8-26(9-6-15)20(28)18-13-27(10-7-21)25-23-18/h2-4,11-13,15H,5-10,21H2,1H3,(H,22,24). The van der Waals surface area contributed by atoms with Crippen molar-refractivity contribution in [2.24, 2.45) is 5.73 Å². The van der Waals surface area contributed by atoms with Gasteiger partial charge in [0.2, 0.25) is 0 Å². The average molecular weight is 379 g/mol. The van der Waals surface area contributed by atoms with E-state index in [1.54, 1.807) is 10.9 Å². The number of nitrogens with zero attached hydrogens (tertiary/aromatic N) is 5. The Balaban J connectivity index is 1.43. The van der Waals surface area contributed by atoms with Crippen LogP contribution in [0.25, 0.3) is 11.1 Å². The minimum Gasteiger partial charge on any atom is -0.337 e. The van der Waals surface area contributed by atoms with E-state index in [2.05, 4.69) is 51.7 Å². The van der Waals surface area contributed by atoms with E-state index in [1.165, 1.54) is 11.1 Å². The van der Waals surface area contributed by atoms with Crippen molar-refractivity contribution in [1.29, 1.82) is 0 Å². The van der Waals surface area contributed by atoms with Gasteiger partial charge in [-0.05, 0) is 25.3 Å². The number of aromatic nitrogens is 5. The van der Waals surface area contributed by atoms with Crippen molar-refractivity contribution in [1.82, 2.24) is 30.1 Å². The second-order valence-electron chi connectivity index (χ2n) is 7.29. The third-order valence-corrected chi connectivity index (χ3v) is 5.30. The maximum absolute atomic E-state index is 12.7. The summed E-state index contributed by atoms with van der Waals surface area (Å²) >= 11 is 0. The molecule has 4 rings (SSSR count). The second-order valence-corrected chi connectivity index (χ2v) is 7.29. The molecule has 1 saturated heterocycles. The van der Waals surface area contributed by atoms with Gasteiger partial charge >= 0.3 is 0 Å². The molecule has 1 aliphatic heterocycles. The monoisotopic (exact) mass is 379 g/mol. The number of benzene rings is 1. The molecule has 0 saturated carbocycles. The Morgan fingerprint density at radius 3 is 2.89 bits per heavy atom. The Bertz CT molecular complexity index is 953. The van der Waals surface area contributed by atoms with Crippen molar-refractivity contribution >= 4 is 5.91 Å². The van der Waals surface area contributed by atoms with E-state index in [-0.39, 0.29) is 5.91 Å². The van der Waals surface area contributed by atoms with Gasteiger partial charge in [0.05, 0.1) is 18.9 Å². The Kier molecular flexibility index (Phi) is 5.21. The van der Waals surface area contributed by atoms with Gasteiger partial charge < -0.3 is 10.6 Å². The highest BCUT2D eigenvalue weighted by Gasteiger charge is 2.28. The van der Waals surface area contributed by atoms with Crippen LogP contribution in [0.5, 0.6) is 0 Å². The summed E-state index contributed by atoms with van der Waals surface area (Å²) in [5.74, 6) is 0.292. The van der Waals surface area contributed by atoms with Crippen LogP contribution in [0, 0.1) is 6.92 Å². The van der Waals surface area contributed by atoms with Gasteiger partial charge in [0, 0.05) is 36.8 Å². The van der Waals surface area contributed by atoms with Gasteiger partial charge in [-0.25, -0.2) is 0 Å². The first-order valence-corrected chi connectivity index (χ1v) is 9.65. The number of nitrogens with two attached hydrogens (primary N) is 1. The predicted octanol–water partition coefficient (Wildman–Crippen LogP) is 1.96. The largest absolute Gasteiger partial charge is 0.337 e. The normalized spacial score (nSPS) is 15.1. The molecule has 0 radical (unpaired) electrons. The summed E-state index contributed by atoms with van der Waals surface area (Å²) in [6, 6.07) is 8.46. The van der Waals surface area contributed by atoms with Gasteiger partial charge in [-0.2, -0.15) is 5.10 Å². The Morgan fingerprint density at radius 1 is 1.32 bits per heavy atom. The van der Waals surface area contributed by atoms with Gasteiger partial charge in [-0.15, -0.1) is 5.10 Å². The smallest absolute Gasteiger partial charge is 0.276 e. The van der Waals surface area contributed by atoms with E-state index in [9.17, 15) is 4.79 Å². The molecule has 28 heavy (non-hydrogen) atoms. The first kappa shape index (κ1) is 18.4. The minimum atomic E-state index is -0.0646. The summed E-state index contributed by atoms with van der Waals surface area (Å²) in [5, 5.41) is 15.4. The Morgan fingerprint density at radius 2 is 2.14 bits per heavy atom. The van der Waals surface area contributed by atoms with Gasteiger partial charge in [0.1, 0.15) is 0 Å². The number of carbonyl (C=O) groups excluding carboxylic acids is 1. The molecule has 146 valence electrons. The molecule has 3 aromatic rings. The van der Waals surface area contributed by atoms with E-state index in [0.29, 0.717) is 37.8 Å². The van der Waals surface area contributed by atoms with Gasteiger partial charge in [0.25, 0.3) is 5.91 Å². The fraction of sp³-hybridized carbons (Fsp3) is 0.400. The topological polar surface area (TPSA) is 106 Å². The van der Waals surface area contributed by atoms with Crippen LogP contribution < -0.4 is 5.73 Å². The quantitative estimate of drug-likeness (QED) is 0.705. The van der Waals surface area contributed by atoms with Gasteiger partial charge in [-0.3, -0.25) is 14.6 Å². The van der Waals surface area contributed by atoms with Crippen molar-refractivity contribution in [3.05, 3.63) is 53.6 Å². The van der Waals surface area contributed by atoms with Crippen molar-refractivity contribution in [2.75, 3.05) is 19.6 Å². The lowest BCUT2D eigenvalue weighted by molar-refractivity contribution is 0.0706. The molecule has 1 fully saturated rings. The fourth-order valence-corrected chi connectivity index (χ4v) is 3.82. The van der Waals surface area contributed by atoms with Crippen molar-refractivity contribution in [3.63, 3.8) is 0 Å². The van der Waals surface area contributed by atoms with E-state index >= 15 is 0 Å². The Hall–Kier alpha value is -3.00. The molecule has 2 aromatic heterocycles. The number of hydrogen-bond donors (Lipinski definition) is 2. The molecule has 1 aromatic carbocycles. The zero-order valence-corrected chi connectivity index (χ0v) is 16.0. The maximum atomic E-state index is 12.7. The summed E-state index contributed by atoms with van der Waals surface area (Å²) in [6.45, 7) is 4.51. The highest BCUT2D eigenvalue weighted by atomic mass is 16.2. The first-order valence-electron chi connectivity index (χ1n) is 9.65. The summed E-state index contributed by atoms with van der Waals surface area (Å²) in [5.41, 5.74) is 10.6. The van der Waals surface area contributed by atoms with Crippen LogP contribution in [0.2, 0.25) is 0 Å². The number of H-pyrrole nitrogens is 1. The zero-order valence-electron chi connectivity index (χ0n) is 16.0. The molecular formula is C20H25N7O. The SMILES string of the molecule is Cc1cccc(-c2cn[nH]c2C2CCN(C(=O)c3cn(CCN)nn3)CC2)c1. The first-order chi connectivity index (χ1) is 13.7. The number of hydrogen-bond acceptors (Lipinski definition) is 5. The van der Waals surface area contributed by atoms with E-state index in [1.807, 2.05) is 11.1 Å². The summed E-state index contributed by atoms with van der Waals surface area (Å²) in [6.07, 6.45) is 5.36. The molecule has 3 heterocycles. The molecule has 1 aliphatic rings. The van der Waals surface area contributed by atoms with Crippen LogP contribution in [0.3, 0.4) is 0 Å². The lowest BCUT2D eigenvalue weighted by atomic mass is 9.89. The Labute approximate surface area is 163 Å². The number of rotatable bonds is 5. The summed E-state index contributed by atoms with van der Waals surface area (Å²) < 4.78 is 1.61. The highest BCUT2D eigenvalue weighted by Crippen LogP contribution is 2.34. The number of aryl methyl sites for hydroxylation is 1. The molecule has 0 unspecified atom stereocenters. The third kappa shape index (κ3) is 3.68. The number of likely N-dealkylation sites (tertiary alicyclic amines) is 1. The lowest BCUT2D eigenvalue weighted by Gasteiger charge is -2.31. The van der Waals surface area contributed by atoms with Gasteiger partial charge in [-0.1, -0.05) is 35.0 Å². The zero-order chi connectivity index (χ0) is 19.5. The minimum absolute atomic E-state index is 0.0646. The number of carbonyl (C=O) groups is 1. The van der Waals surface area contributed by atoms with Crippen LogP contribution in [0.4, 0.5) is 0 Å². The molecule has 8 nitrogen and oxygen atoms in total. The molecule has 0 aliphatic carbocycles. The van der Waals surface area contributed by atoms with Crippen LogP contribution in [0.15, 0.2) is 36.7 Å². The van der Waals surface area contributed by atoms with Crippen LogP contribution >= 0.6 is 0 Å². The third-order valence-electron chi connectivity index (χ3n) is 5.30. The van der Waals surface area contributed by atoms with Gasteiger partial charge in [0.15, 0.2) is 5.69 Å². The number of aromatic amines is 1. The molecular weight excluding hydrogens is 354 g/mol. The summed E-state index contributed by atoms with van der Waals surface area (Å²) in [7, 11) is 0. The number of amides is 1. The predicted molar refractivity (Wildman–Crippen MR) is 106 cm³/mol. The molecule has 0 bridgehead atoms. The lowest BCUT2D eigenvalue weighted by Crippen LogP contribution is -2.38.